The fourth-order valence-corrected chi connectivity index (χ4v) is 17.7. The standard InChI is InChI=1S/C29H49NO5.C28H47NO5.C24H37NO3.C23H35NO3.C19H28O3/c1-7-8-9-10-11-12-13-14-15-16-17-19-23-27(33)24(22-25(31)28(23)34-6)30(5)21-18-20-26(32)35-29(2,3)4;1-6-7-8-9-10-11-12-13-14-15-16-18-22-26(32)23(21-24(30)27(22)33)29(5)20-17-19-25(31)34-28(2,3)4;1-4-6-8-10-11-12-13-14-15-17-20-23(27)21(19-22(26)24(20)28-3)25-18-16-9-7-5-2;1-3-5-7-9-10-11-12-13-14-16-19-22(26)20(18-21(25)23(19)27)24-17-15-8-6-4-2;1-4-5-6-7-8-9-10-11-12-13-16-18(21)15(2)14-17(20)19(16)22-3/h22H,7-21H2,1-6H3;21,32H,6-20H2,1-5H3;4-5,19,25H,1-2,6-18H2,3H3;3-4,18,24,26H,1-2,5-17H2;4,14H,1,5-13H2,2-3H3. The van der Waals surface area contributed by atoms with E-state index in [-0.39, 0.29) is 99.4 Å². The molecule has 822 valence electrons. The number of Topliss-reactive ketones (excluding diaryl/α,β-unsaturated/α-hetero) is 5. The summed E-state index contributed by atoms with van der Waals surface area (Å²) in [5, 5.41) is 27.3. The van der Waals surface area contributed by atoms with Gasteiger partial charge in [-0.05, 0) is 209 Å². The normalized spacial score (nSPS) is 14.4. The number of esters is 2. The number of allylic oxidation sites excluding steroid dienone is 16. The number of likely N-dealkylation sites (N-methyl/N-ethyl adjacent to an activating group) is 2. The number of rotatable bonds is 79. The van der Waals surface area contributed by atoms with Crippen molar-refractivity contribution >= 4 is 69.8 Å². The van der Waals surface area contributed by atoms with Crippen LogP contribution in [-0.4, -0.2) is 163 Å². The molecule has 5 rings (SSSR count). The molecule has 0 aromatic rings. The maximum atomic E-state index is 13.2. The zero-order valence-corrected chi connectivity index (χ0v) is 93.5. The average molecular weight is 2030 g/mol. The molecule has 23 nitrogen and oxygen atoms in total. The van der Waals surface area contributed by atoms with Crippen molar-refractivity contribution in [3.8, 4) is 0 Å². The Balaban J connectivity index is 0.000000920. The van der Waals surface area contributed by atoms with Crippen molar-refractivity contribution in [1.82, 2.24) is 20.4 Å². The van der Waals surface area contributed by atoms with Crippen molar-refractivity contribution in [2.75, 3.05) is 61.6 Å². The van der Waals surface area contributed by atoms with Crippen molar-refractivity contribution in [2.24, 2.45) is 0 Å². The predicted molar refractivity (Wildman–Crippen MR) is 594 cm³/mol. The first kappa shape index (κ1) is 134. The topological polar surface area (TPSA) is 322 Å². The third-order valence-corrected chi connectivity index (χ3v) is 26.0. The Morgan fingerprint density at radius 3 is 0.904 bits per heavy atom. The lowest BCUT2D eigenvalue weighted by Gasteiger charge is -2.26. The zero-order chi connectivity index (χ0) is 109. The van der Waals surface area contributed by atoms with Crippen LogP contribution in [0.1, 0.15) is 454 Å². The third-order valence-electron chi connectivity index (χ3n) is 26.0. The van der Waals surface area contributed by atoms with Gasteiger partial charge >= 0.3 is 11.9 Å². The molecule has 0 aliphatic heterocycles. The van der Waals surface area contributed by atoms with E-state index >= 15 is 0 Å². The molecule has 5 aliphatic rings. The number of nitrogens with one attached hydrogen (secondary N) is 2. The second-order valence-corrected chi connectivity index (χ2v) is 41.3. The van der Waals surface area contributed by atoms with E-state index in [1.54, 1.807) is 30.8 Å². The Hall–Kier alpha value is -10.1. The van der Waals surface area contributed by atoms with Crippen LogP contribution in [0.5, 0.6) is 0 Å². The fraction of sp³-hybridized carbons (Fsp3) is 0.659. The van der Waals surface area contributed by atoms with Crippen LogP contribution < -0.4 is 10.6 Å². The summed E-state index contributed by atoms with van der Waals surface area (Å²) in [5.74, 6) is -3.30. The first-order valence-corrected chi connectivity index (χ1v) is 56.1. The molecule has 23 heteroatoms. The largest absolute Gasteiger partial charge is 0.505 e. The van der Waals surface area contributed by atoms with Crippen molar-refractivity contribution in [3.63, 3.8) is 0 Å². The second-order valence-electron chi connectivity index (χ2n) is 41.3. The van der Waals surface area contributed by atoms with Gasteiger partial charge in [0.2, 0.25) is 52.0 Å². The molecule has 0 radical (unpaired) electrons. The van der Waals surface area contributed by atoms with Crippen LogP contribution >= 0.6 is 0 Å². The van der Waals surface area contributed by atoms with E-state index in [9.17, 15) is 67.7 Å². The lowest BCUT2D eigenvalue weighted by Crippen LogP contribution is -2.31. The van der Waals surface area contributed by atoms with Gasteiger partial charge in [0.05, 0.1) is 44.1 Å². The number of ether oxygens (including phenoxy) is 5. The summed E-state index contributed by atoms with van der Waals surface area (Å²) in [6.45, 7) is 38.0. The van der Waals surface area contributed by atoms with E-state index in [4.69, 9.17) is 23.7 Å². The minimum atomic E-state index is -0.601. The predicted octanol–water partition coefficient (Wildman–Crippen LogP) is 29.0. The van der Waals surface area contributed by atoms with Crippen LogP contribution in [0.15, 0.2) is 179 Å². The van der Waals surface area contributed by atoms with E-state index in [2.05, 4.69) is 57.4 Å². The van der Waals surface area contributed by atoms with Gasteiger partial charge in [0, 0.05) is 111 Å². The molecule has 4 N–H and O–H groups in total. The number of ketones is 10. The van der Waals surface area contributed by atoms with Gasteiger partial charge in [-0.25, -0.2) is 0 Å². The van der Waals surface area contributed by atoms with Gasteiger partial charge in [0.1, 0.15) is 22.7 Å². The van der Waals surface area contributed by atoms with Crippen molar-refractivity contribution in [1.29, 1.82) is 0 Å². The molecule has 5 aliphatic carbocycles. The van der Waals surface area contributed by atoms with E-state index in [1.165, 1.54) is 238 Å². The minimum absolute atomic E-state index is 0.0409. The monoisotopic (exact) mass is 2030 g/mol. The highest BCUT2D eigenvalue weighted by Gasteiger charge is 2.35. The summed E-state index contributed by atoms with van der Waals surface area (Å²) in [4.78, 5) is 151. The summed E-state index contributed by atoms with van der Waals surface area (Å²) >= 11 is 0. The van der Waals surface area contributed by atoms with E-state index in [0.29, 0.717) is 116 Å². The van der Waals surface area contributed by atoms with Crippen LogP contribution in [0.25, 0.3) is 0 Å². The van der Waals surface area contributed by atoms with Crippen molar-refractivity contribution in [2.45, 2.75) is 465 Å². The quantitative estimate of drug-likeness (QED) is 0.0110. The Morgan fingerprint density at radius 1 is 0.308 bits per heavy atom. The molecule has 0 fully saturated rings. The molecule has 0 spiro atoms. The van der Waals surface area contributed by atoms with Gasteiger partial charge in [-0.2, -0.15) is 0 Å². The summed E-state index contributed by atoms with van der Waals surface area (Å²) in [6.07, 6.45) is 80.3. The average Bonchev–Trinajstić information content (AvgIpc) is 0.791. The van der Waals surface area contributed by atoms with Crippen molar-refractivity contribution < 1.29 is 91.4 Å². The Labute approximate surface area is 882 Å². The van der Waals surface area contributed by atoms with Gasteiger partial charge in [-0.3, -0.25) is 57.5 Å². The molecule has 0 bridgehead atoms. The molecule has 146 heavy (non-hydrogen) atoms. The van der Waals surface area contributed by atoms with Gasteiger partial charge in [-0.15, -0.1) is 32.9 Å². The highest BCUT2D eigenvalue weighted by molar-refractivity contribution is 6.49. The van der Waals surface area contributed by atoms with Crippen LogP contribution in [0.4, 0.5) is 0 Å². The lowest BCUT2D eigenvalue weighted by molar-refractivity contribution is -0.156. The number of hydrogen-bond acceptors (Lipinski definition) is 23. The molecular weight excluding hydrogens is 1840 g/mol. The first-order chi connectivity index (χ1) is 70.0. The second kappa shape index (κ2) is 82.8. The van der Waals surface area contributed by atoms with Crippen LogP contribution in [-0.2, 0) is 81.2 Å². The molecule has 0 aromatic heterocycles. The third kappa shape index (κ3) is 59.8. The van der Waals surface area contributed by atoms with Crippen LogP contribution in [0, 0.1) is 0 Å². The van der Waals surface area contributed by atoms with Gasteiger partial charge in [0.15, 0.2) is 23.1 Å². The number of nitrogens with zero attached hydrogens (tertiary/aromatic N) is 2. The summed E-state index contributed by atoms with van der Waals surface area (Å²) in [5.41, 5.74) is 3.04. The Morgan fingerprint density at radius 2 is 0.568 bits per heavy atom. The summed E-state index contributed by atoms with van der Waals surface area (Å²) in [7, 11) is 7.90. The molecule has 0 heterocycles. The maximum absolute atomic E-state index is 13.2. The summed E-state index contributed by atoms with van der Waals surface area (Å²) < 4.78 is 26.3. The first-order valence-electron chi connectivity index (χ1n) is 56.1. The lowest BCUT2D eigenvalue weighted by atomic mass is 9.91. The SMILES string of the molecule is C=CCCCCCCCCCC1=C(O)C(NCCCCC=C)=CC(=O)C1=O.C=CCCCCCCCCCC1=C(OC)C(=O)C=C(C)C1=O.C=CCCCCCCCCCC1=C(OC)C(=O)C=C(NCCCCC=C)C1=O.CCCCCCCCCCCCCC1=C(O)C(N(C)CCCC(=O)OC(C)(C)C)=CC(=O)C1=O.CCCCCCCCCCCCCC1=C(OC)C(=O)C=C(N(C)CCCC(=O)OC(C)(C)C)C1=O. The number of methoxy groups -OCH3 is 3. The highest BCUT2D eigenvalue weighted by Crippen LogP contribution is 2.33. The van der Waals surface area contributed by atoms with Crippen LogP contribution in [0.3, 0.4) is 0 Å². The number of unbranched alkanes of at least 4 members (excludes halogenated alkanes) is 45. The smallest absolute Gasteiger partial charge is 0.306 e. The van der Waals surface area contributed by atoms with Gasteiger partial charge < -0.3 is 54.3 Å². The maximum Gasteiger partial charge on any atom is 0.306 e. The summed E-state index contributed by atoms with van der Waals surface area (Å²) in [6, 6.07) is 0. The minimum Gasteiger partial charge on any atom is -0.505 e. The Bertz CT molecular complexity index is 4360. The molecule has 0 saturated carbocycles. The Kier molecular flexibility index (Phi) is 76.0. The number of aliphatic hydroxyl groups excluding tert-OH is 2. The molecule has 0 saturated heterocycles. The number of hydrogen-bond donors (Lipinski definition) is 4. The van der Waals surface area contributed by atoms with Gasteiger partial charge in [-0.1, -0.05) is 269 Å². The zero-order valence-electron chi connectivity index (χ0n) is 93.5. The number of aliphatic hydroxyl groups is 2. The molecule has 0 atom stereocenters. The van der Waals surface area contributed by atoms with Gasteiger partial charge in [0.25, 0.3) is 0 Å². The fourth-order valence-electron chi connectivity index (χ4n) is 17.7. The highest BCUT2D eigenvalue weighted by atomic mass is 16.6. The molecule has 0 aromatic carbocycles. The van der Waals surface area contributed by atoms with E-state index in [1.807, 2.05) is 71.9 Å². The molecule has 0 unspecified atom stereocenters. The van der Waals surface area contributed by atoms with E-state index in [0.717, 1.165) is 148 Å². The number of carbonyl (C=O) groups excluding carboxylic acids is 12. The van der Waals surface area contributed by atoms with E-state index < -0.39 is 34.3 Å². The number of carbonyl (C=O) groups is 12. The molecule has 0 amide bonds. The van der Waals surface area contributed by atoms with Crippen molar-refractivity contribution in [3.05, 3.63) is 179 Å². The molecular formula is C123H196N4O19. The van der Waals surface area contributed by atoms with Crippen LogP contribution in [0.2, 0.25) is 0 Å².